The first-order valence-corrected chi connectivity index (χ1v) is 10.8. The minimum Gasteiger partial charge on any atom is -0.507 e. The van der Waals surface area contributed by atoms with Crippen molar-refractivity contribution in [3.05, 3.63) is 93.9 Å². The number of likely N-dealkylation sites (tertiary alicyclic amines) is 1. The topological polar surface area (TPSA) is 73.7 Å². The van der Waals surface area contributed by atoms with Crippen molar-refractivity contribution in [2.75, 3.05) is 20.6 Å². The fourth-order valence-corrected chi connectivity index (χ4v) is 4.79. The molecule has 0 radical (unpaired) electrons. The zero-order valence-electron chi connectivity index (χ0n) is 17.3. The predicted octanol–water partition coefficient (Wildman–Crippen LogP) is 3.87. The molecule has 0 saturated carbocycles. The molecule has 3 heterocycles. The molecular weight excluding hydrogens is 410 g/mol. The number of aliphatic hydroxyl groups is 1. The van der Waals surface area contributed by atoms with E-state index in [2.05, 4.69) is 4.98 Å². The summed E-state index contributed by atoms with van der Waals surface area (Å²) in [7, 11) is 3.90. The van der Waals surface area contributed by atoms with Gasteiger partial charge in [-0.3, -0.25) is 14.6 Å². The molecule has 1 aromatic carbocycles. The van der Waals surface area contributed by atoms with E-state index in [0.717, 1.165) is 4.88 Å². The molecule has 0 unspecified atom stereocenters. The normalized spacial score (nSPS) is 19.2. The summed E-state index contributed by atoms with van der Waals surface area (Å²) in [5, 5.41) is 13.0. The van der Waals surface area contributed by atoms with E-state index in [-0.39, 0.29) is 17.4 Å². The Balaban J connectivity index is 1.83. The van der Waals surface area contributed by atoms with Gasteiger partial charge in [0.1, 0.15) is 5.76 Å². The summed E-state index contributed by atoms with van der Waals surface area (Å²) >= 11 is 1.61. The number of hydrogen-bond acceptors (Lipinski definition) is 6. The highest BCUT2D eigenvalue weighted by atomic mass is 32.1. The van der Waals surface area contributed by atoms with Gasteiger partial charge in [-0.05, 0) is 37.2 Å². The third-order valence-corrected chi connectivity index (χ3v) is 6.43. The van der Waals surface area contributed by atoms with E-state index >= 15 is 0 Å². The molecular formula is C24H23N3O3S. The number of benzene rings is 1. The van der Waals surface area contributed by atoms with Crippen LogP contribution in [0.3, 0.4) is 0 Å². The number of carbonyl (C=O) groups is 2. The summed E-state index contributed by atoms with van der Waals surface area (Å²) in [6.45, 7) is 0.309. The van der Waals surface area contributed by atoms with Crippen molar-refractivity contribution >= 4 is 28.8 Å². The van der Waals surface area contributed by atoms with Crippen molar-refractivity contribution in [1.82, 2.24) is 14.8 Å². The first-order chi connectivity index (χ1) is 15.0. The van der Waals surface area contributed by atoms with Gasteiger partial charge >= 0.3 is 0 Å². The van der Waals surface area contributed by atoms with Crippen molar-refractivity contribution in [3.8, 4) is 0 Å². The maximum Gasteiger partial charge on any atom is 0.295 e. The minimum atomic E-state index is -0.712. The lowest BCUT2D eigenvalue weighted by atomic mass is 9.96. The summed E-state index contributed by atoms with van der Waals surface area (Å²) in [4.78, 5) is 35.1. The number of amides is 1. The lowest BCUT2D eigenvalue weighted by Gasteiger charge is -2.32. The molecule has 1 amide bonds. The van der Waals surface area contributed by atoms with Crippen LogP contribution in [0.15, 0.2) is 77.9 Å². The zero-order valence-corrected chi connectivity index (χ0v) is 18.1. The van der Waals surface area contributed by atoms with Gasteiger partial charge in [-0.1, -0.05) is 42.5 Å². The van der Waals surface area contributed by atoms with Crippen molar-refractivity contribution in [3.63, 3.8) is 0 Å². The summed E-state index contributed by atoms with van der Waals surface area (Å²) in [6.07, 6.45) is 3.28. The number of thiophene rings is 1. The lowest BCUT2D eigenvalue weighted by molar-refractivity contribution is -0.140. The second-order valence-electron chi connectivity index (χ2n) is 7.60. The van der Waals surface area contributed by atoms with Crippen LogP contribution in [0.1, 0.15) is 28.1 Å². The predicted molar refractivity (Wildman–Crippen MR) is 120 cm³/mol. The van der Waals surface area contributed by atoms with Gasteiger partial charge in [-0.2, -0.15) is 0 Å². The monoisotopic (exact) mass is 433 g/mol. The molecule has 2 aromatic heterocycles. The molecule has 31 heavy (non-hydrogen) atoms. The molecule has 3 aromatic rings. The molecule has 6 nitrogen and oxygen atoms in total. The maximum atomic E-state index is 13.2. The minimum absolute atomic E-state index is 0.0888. The average molecular weight is 434 g/mol. The number of pyridine rings is 1. The first kappa shape index (κ1) is 21.0. The standard InChI is InChI=1S/C24H23N3O3S/c1-26(2)18(19-11-7-13-31-19)15-27-21(17-10-6-12-25-14-17)20(23(29)24(27)30)22(28)16-8-4-3-5-9-16/h3-14,18,21,28H,15H2,1-2H3/t18-,21+/m0/s1. The summed E-state index contributed by atoms with van der Waals surface area (Å²) < 4.78 is 0. The highest BCUT2D eigenvalue weighted by molar-refractivity contribution is 7.10. The van der Waals surface area contributed by atoms with E-state index in [0.29, 0.717) is 17.7 Å². The first-order valence-electron chi connectivity index (χ1n) is 9.92. The molecule has 0 aliphatic carbocycles. The van der Waals surface area contributed by atoms with E-state index < -0.39 is 17.7 Å². The number of rotatable bonds is 6. The Morgan fingerprint density at radius 3 is 2.52 bits per heavy atom. The fraction of sp³-hybridized carbons (Fsp3) is 0.208. The van der Waals surface area contributed by atoms with Crippen molar-refractivity contribution in [2.45, 2.75) is 12.1 Å². The van der Waals surface area contributed by atoms with Gasteiger partial charge in [-0.15, -0.1) is 11.3 Å². The quantitative estimate of drug-likeness (QED) is 0.363. The molecule has 1 aliphatic rings. The van der Waals surface area contributed by atoms with Crippen LogP contribution in [-0.4, -0.2) is 52.2 Å². The van der Waals surface area contributed by atoms with Gasteiger partial charge in [-0.25, -0.2) is 0 Å². The van der Waals surface area contributed by atoms with Crippen LogP contribution in [0.4, 0.5) is 0 Å². The number of aliphatic hydroxyl groups excluding tert-OH is 1. The number of carbonyl (C=O) groups excluding carboxylic acids is 2. The Morgan fingerprint density at radius 1 is 1.13 bits per heavy atom. The summed E-state index contributed by atoms with van der Waals surface area (Å²) in [5.74, 6) is -1.47. The van der Waals surface area contributed by atoms with E-state index in [4.69, 9.17) is 0 Å². The fourth-order valence-electron chi connectivity index (χ4n) is 3.88. The summed E-state index contributed by atoms with van der Waals surface area (Å²) in [6, 6.07) is 15.6. The second-order valence-corrected chi connectivity index (χ2v) is 8.58. The SMILES string of the molecule is CN(C)[C@@H](CN1C(=O)C(=O)C(=C(O)c2ccccc2)[C@H]1c1cccnc1)c1cccs1. The smallest absolute Gasteiger partial charge is 0.295 e. The van der Waals surface area contributed by atoms with Crippen LogP contribution in [-0.2, 0) is 9.59 Å². The zero-order chi connectivity index (χ0) is 22.0. The van der Waals surface area contributed by atoms with Gasteiger partial charge in [0.05, 0.1) is 17.7 Å². The molecule has 2 atom stereocenters. The van der Waals surface area contributed by atoms with Crippen LogP contribution in [0.5, 0.6) is 0 Å². The van der Waals surface area contributed by atoms with Gasteiger partial charge in [0.25, 0.3) is 11.7 Å². The van der Waals surface area contributed by atoms with Crippen molar-refractivity contribution in [1.29, 1.82) is 0 Å². The molecule has 0 spiro atoms. The maximum absolute atomic E-state index is 13.2. The number of Topliss-reactive ketones (excluding diaryl/α,β-unsaturated/α-hetero) is 1. The van der Waals surface area contributed by atoms with E-state index in [1.807, 2.05) is 48.6 Å². The van der Waals surface area contributed by atoms with E-state index in [1.165, 1.54) is 0 Å². The summed E-state index contributed by atoms with van der Waals surface area (Å²) in [5.41, 5.74) is 1.27. The van der Waals surface area contributed by atoms with Gasteiger partial charge in [0.15, 0.2) is 0 Å². The molecule has 158 valence electrons. The Bertz CT molecular complexity index is 1100. The number of hydrogen-bond donors (Lipinski definition) is 1. The highest BCUT2D eigenvalue weighted by Crippen LogP contribution is 2.40. The molecule has 1 N–H and O–H groups in total. The third kappa shape index (κ3) is 4.02. The Morgan fingerprint density at radius 2 is 1.90 bits per heavy atom. The van der Waals surface area contributed by atoms with E-state index in [1.54, 1.807) is 59.0 Å². The number of ketones is 1. The molecule has 1 saturated heterocycles. The Hall–Kier alpha value is -3.29. The van der Waals surface area contributed by atoms with Crippen LogP contribution in [0, 0.1) is 0 Å². The van der Waals surface area contributed by atoms with Gasteiger partial charge in [0.2, 0.25) is 0 Å². The van der Waals surface area contributed by atoms with Crippen molar-refractivity contribution in [2.24, 2.45) is 0 Å². The van der Waals surface area contributed by atoms with Crippen LogP contribution in [0.2, 0.25) is 0 Å². The Kier molecular flexibility index (Phi) is 5.97. The van der Waals surface area contributed by atoms with Gasteiger partial charge in [0, 0.05) is 29.4 Å². The van der Waals surface area contributed by atoms with Crippen LogP contribution in [0.25, 0.3) is 5.76 Å². The van der Waals surface area contributed by atoms with Crippen molar-refractivity contribution < 1.29 is 14.7 Å². The third-order valence-electron chi connectivity index (χ3n) is 5.45. The largest absolute Gasteiger partial charge is 0.507 e. The van der Waals surface area contributed by atoms with Crippen LogP contribution >= 0.6 is 11.3 Å². The second kappa shape index (κ2) is 8.83. The molecule has 7 heteroatoms. The molecule has 1 fully saturated rings. The lowest BCUT2D eigenvalue weighted by Crippen LogP contribution is -2.37. The highest BCUT2D eigenvalue weighted by Gasteiger charge is 2.47. The van der Waals surface area contributed by atoms with Gasteiger partial charge < -0.3 is 14.9 Å². The number of likely N-dealkylation sites (N-methyl/N-ethyl adjacent to an activating group) is 1. The Labute approximate surface area is 185 Å². The van der Waals surface area contributed by atoms with E-state index in [9.17, 15) is 14.7 Å². The van der Waals surface area contributed by atoms with Crippen LogP contribution < -0.4 is 0 Å². The molecule has 0 bridgehead atoms. The molecule has 4 rings (SSSR count). The number of aromatic nitrogens is 1. The molecule has 1 aliphatic heterocycles. The number of nitrogens with zero attached hydrogens (tertiary/aromatic N) is 3. The average Bonchev–Trinajstić information content (AvgIpc) is 3.40.